The maximum Gasteiger partial charge on any atom is 0.407 e. The maximum absolute atomic E-state index is 13.3. The number of aryl methyl sites for hydroxylation is 1. The van der Waals surface area contributed by atoms with Gasteiger partial charge in [0.05, 0.1) is 6.04 Å². The molecule has 122 valence electrons. The Morgan fingerprint density at radius 3 is 2.82 bits per heavy atom. The summed E-state index contributed by atoms with van der Waals surface area (Å²) in [5.41, 5.74) is 1.56. The number of nitrogens with zero attached hydrogens (tertiary/aromatic N) is 2. The molecule has 2 unspecified atom stereocenters. The summed E-state index contributed by atoms with van der Waals surface area (Å²) >= 11 is 0. The first-order chi connectivity index (χ1) is 10.4. The lowest BCUT2D eigenvalue weighted by molar-refractivity contribution is 0.0677. The molecule has 2 atom stereocenters. The Kier molecular flexibility index (Phi) is 5.34. The van der Waals surface area contributed by atoms with E-state index in [4.69, 9.17) is 0 Å². The second-order valence-corrected chi connectivity index (χ2v) is 5.84. The zero-order valence-corrected chi connectivity index (χ0v) is 12.9. The van der Waals surface area contributed by atoms with Crippen LogP contribution in [-0.2, 0) is 0 Å². The minimum absolute atomic E-state index is 0.126. The number of hydrogen-bond donors (Lipinski definition) is 1. The molecule has 0 radical (unpaired) electrons. The molecule has 22 heavy (non-hydrogen) atoms. The second kappa shape index (κ2) is 7.05. The molecular weight excluding hydrogens is 290 g/mol. The van der Waals surface area contributed by atoms with Crippen molar-refractivity contribution in [3.8, 4) is 0 Å². The van der Waals surface area contributed by atoms with E-state index >= 15 is 0 Å². The van der Waals surface area contributed by atoms with Crippen molar-refractivity contribution < 1.29 is 18.7 Å². The largest absolute Gasteiger partial charge is 0.465 e. The van der Waals surface area contributed by atoms with Crippen LogP contribution in [0.5, 0.6) is 0 Å². The van der Waals surface area contributed by atoms with Gasteiger partial charge < -0.3 is 14.9 Å². The molecule has 1 N–H and O–H groups in total. The van der Waals surface area contributed by atoms with E-state index < -0.39 is 12.8 Å². The molecule has 1 fully saturated rings. The minimum atomic E-state index is -0.972. The summed E-state index contributed by atoms with van der Waals surface area (Å²) in [7, 11) is 1.86. The van der Waals surface area contributed by atoms with E-state index in [0.717, 1.165) is 11.1 Å². The quantitative estimate of drug-likeness (QED) is 0.928. The third-order valence-electron chi connectivity index (χ3n) is 4.47. The molecule has 1 aromatic rings. The summed E-state index contributed by atoms with van der Waals surface area (Å²) in [6, 6.07) is 4.24. The monoisotopic (exact) mass is 312 g/mol. The summed E-state index contributed by atoms with van der Waals surface area (Å²) in [4.78, 5) is 14.8. The summed E-state index contributed by atoms with van der Waals surface area (Å²) in [6.45, 7) is 2.11. The zero-order chi connectivity index (χ0) is 16.3. The molecule has 0 saturated carbocycles. The van der Waals surface area contributed by atoms with Crippen molar-refractivity contribution in [1.82, 2.24) is 9.80 Å². The Labute approximate surface area is 129 Å². The first kappa shape index (κ1) is 16.7. The maximum atomic E-state index is 13.3. The standard InChI is InChI=1S/C16H22F2N2O2/c1-11-9-12(18)3-4-14(11)15-10-13(19(2)8-6-17)5-7-20(15)16(21)22/h3-4,9,13,15H,5-8,10H2,1-2H3,(H,21,22). The highest BCUT2D eigenvalue weighted by molar-refractivity contribution is 5.66. The molecule has 1 heterocycles. The lowest BCUT2D eigenvalue weighted by atomic mass is 9.89. The van der Waals surface area contributed by atoms with Crippen LogP contribution in [0, 0.1) is 12.7 Å². The number of benzene rings is 1. The first-order valence-corrected chi connectivity index (χ1v) is 7.46. The van der Waals surface area contributed by atoms with Crippen LogP contribution >= 0.6 is 0 Å². The molecule has 1 amide bonds. The fraction of sp³-hybridized carbons (Fsp3) is 0.562. The van der Waals surface area contributed by atoms with Gasteiger partial charge in [-0.25, -0.2) is 13.6 Å². The normalized spacial score (nSPS) is 22.1. The van der Waals surface area contributed by atoms with E-state index in [0.29, 0.717) is 25.9 Å². The Morgan fingerprint density at radius 2 is 2.23 bits per heavy atom. The van der Waals surface area contributed by atoms with Gasteiger partial charge in [0.2, 0.25) is 0 Å². The van der Waals surface area contributed by atoms with Crippen molar-refractivity contribution >= 4 is 6.09 Å². The molecular formula is C16H22F2N2O2. The van der Waals surface area contributed by atoms with Crippen LogP contribution in [0.4, 0.5) is 13.6 Å². The smallest absolute Gasteiger partial charge is 0.407 e. The van der Waals surface area contributed by atoms with E-state index in [9.17, 15) is 18.7 Å². The molecule has 1 aliphatic heterocycles. The van der Waals surface area contributed by atoms with Gasteiger partial charge in [-0.05, 0) is 50.1 Å². The van der Waals surface area contributed by atoms with Gasteiger partial charge in [0.25, 0.3) is 0 Å². The minimum Gasteiger partial charge on any atom is -0.465 e. The number of alkyl halides is 1. The number of rotatable bonds is 4. The summed E-state index contributed by atoms with van der Waals surface area (Å²) in [5, 5.41) is 9.42. The highest BCUT2D eigenvalue weighted by Gasteiger charge is 2.34. The third-order valence-corrected chi connectivity index (χ3v) is 4.47. The van der Waals surface area contributed by atoms with Crippen molar-refractivity contribution in [1.29, 1.82) is 0 Å². The fourth-order valence-corrected chi connectivity index (χ4v) is 3.20. The third kappa shape index (κ3) is 3.55. The van der Waals surface area contributed by atoms with E-state index in [-0.39, 0.29) is 17.9 Å². The van der Waals surface area contributed by atoms with Crippen LogP contribution in [0.2, 0.25) is 0 Å². The SMILES string of the molecule is Cc1cc(F)ccc1C1CC(N(C)CCF)CCN1C(=O)O. The second-order valence-electron chi connectivity index (χ2n) is 5.84. The van der Waals surface area contributed by atoms with Crippen molar-refractivity contribution in [3.63, 3.8) is 0 Å². The van der Waals surface area contributed by atoms with E-state index in [1.54, 1.807) is 13.0 Å². The number of amides is 1. The predicted molar refractivity (Wildman–Crippen MR) is 80.2 cm³/mol. The molecule has 0 spiro atoms. The zero-order valence-electron chi connectivity index (χ0n) is 12.9. The number of piperidine rings is 1. The van der Waals surface area contributed by atoms with E-state index in [1.807, 2.05) is 11.9 Å². The van der Waals surface area contributed by atoms with Gasteiger partial charge in [0.15, 0.2) is 0 Å². The van der Waals surface area contributed by atoms with E-state index in [1.165, 1.54) is 17.0 Å². The van der Waals surface area contributed by atoms with Gasteiger partial charge >= 0.3 is 6.09 Å². The first-order valence-electron chi connectivity index (χ1n) is 7.46. The van der Waals surface area contributed by atoms with Crippen LogP contribution in [0.25, 0.3) is 0 Å². The average molecular weight is 312 g/mol. The fourth-order valence-electron chi connectivity index (χ4n) is 3.20. The highest BCUT2D eigenvalue weighted by Crippen LogP contribution is 2.34. The molecule has 6 heteroatoms. The van der Waals surface area contributed by atoms with Crippen molar-refractivity contribution in [2.24, 2.45) is 0 Å². The van der Waals surface area contributed by atoms with Crippen LogP contribution < -0.4 is 0 Å². The Hall–Kier alpha value is -1.69. The summed E-state index contributed by atoms with van der Waals surface area (Å²) < 4.78 is 25.8. The van der Waals surface area contributed by atoms with Gasteiger partial charge in [-0.2, -0.15) is 0 Å². The van der Waals surface area contributed by atoms with E-state index in [2.05, 4.69) is 0 Å². The molecule has 1 aliphatic rings. The topological polar surface area (TPSA) is 43.8 Å². The van der Waals surface area contributed by atoms with Crippen LogP contribution in [0.1, 0.15) is 30.0 Å². The number of carboxylic acid groups (broad SMARTS) is 1. The molecule has 0 aliphatic carbocycles. The van der Waals surface area contributed by atoms with Crippen molar-refractivity contribution in [3.05, 3.63) is 35.1 Å². The van der Waals surface area contributed by atoms with Gasteiger partial charge in [-0.3, -0.25) is 0 Å². The molecule has 0 aromatic heterocycles. The molecule has 4 nitrogen and oxygen atoms in total. The average Bonchev–Trinajstić information content (AvgIpc) is 2.46. The lowest BCUT2D eigenvalue weighted by Crippen LogP contribution is -2.47. The molecule has 1 aromatic carbocycles. The van der Waals surface area contributed by atoms with Crippen molar-refractivity contribution in [2.45, 2.75) is 31.8 Å². The Bertz CT molecular complexity index is 539. The van der Waals surface area contributed by atoms with Gasteiger partial charge in [0.1, 0.15) is 12.5 Å². The Morgan fingerprint density at radius 1 is 1.50 bits per heavy atom. The Balaban J connectivity index is 2.27. The van der Waals surface area contributed by atoms with Gasteiger partial charge in [-0.15, -0.1) is 0 Å². The highest BCUT2D eigenvalue weighted by atomic mass is 19.1. The number of likely N-dealkylation sites (tertiary alicyclic amines) is 1. The van der Waals surface area contributed by atoms with Crippen molar-refractivity contribution in [2.75, 3.05) is 26.8 Å². The molecule has 0 bridgehead atoms. The number of halogens is 2. The summed E-state index contributed by atoms with van der Waals surface area (Å²) in [5.74, 6) is -0.329. The van der Waals surface area contributed by atoms with Gasteiger partial charge in [0, 0.05) is 19.1 Å². The number of carbonyl (C=O) groups is 1. The summed E-state index contributed by atoms with van der Waals surface area (Å²) in [6.07, 6.45) is 0.301. The lowest BCUT2D eigenvalue weighted by Gasteiger charge is -2.41. The van der Waals surface area contributed by atoms with Crippen LogP contribution in [-0.4, -0.2) is 53.9 Å². The molecule has 2 rings (SSSR count). The predicted octanol–water partition coefficient (Wildman–Crippen LogP) is 3.22. The van der Waals surface area contributed by atoms with Crippen LogP contribution in [0.3, 0.4) is 0 Å². The van der Waals surface area contributed by atoms with Crippen LogP contribution in [0.15, 0.2) is 18.2 Å². The number of hydrogen-bond acceptors (Lipinski definition) is 2. The van der Waals surface area contributed by atoms with Gasteiger partial charge in [-0.1, -0.05) is 6.07 Å². The molecule has 1 saturated heterocycles.